The van der Waals surface area contributed by atoms with E-state index in [2.05, 4.69) is 29.1 Å². The second-order valence-electron chi connectivity index (χ2n) is 12.6. The SMILES string of the molecule is CCCCCCCCCCCCCCCCCC(=O)NCC#Cc1cn([C@@H]2O[C@@]3(COC)COC2[C@H]3OP(C)(=O)O)c(=O)[nH]c1=O. The van der Waals surface area contributed by atoms with Gasteiger partial charge >= 0.3 is 13.3 Å². The third-order valence-electron chi connectivity index (χ3n) is 8.52. The van der Waals surface area contributed by atoms with Gasteiger partial charge in [0.05, 0.1) is 19.8 Å². The van der Waals surface area contributed by atoms with Gasteiger partial charge in [0.1, 0.15) is 23.4 Å². The number of amides is 1. The fourth-order valence-electron chi connectivity index (χ4n) is 6.12. The number of aromatic nitrogens is 2. The van der Waals surface area contributed by atoms with Crippen LogP contribution in [0.2, 0.25) is 0 Å². The summed E-state index contributed by atoms with van der Waals surface area (Å²) in [6.45, 7) is 3.39. The lowest BCUT2D eigenvalue weighted by molar-refractivity contribution is -0.190. The first kappa shape index (κ1) is 38.2. The Morgan fingerprint density at radius 2 is 1.65 bits per heavy atom. The van der Waals surface area contributed by atoms with Gasteiger partial charge < -0.3 is 24.4 Å². The van der Waals surface area contributed by atoms with Crippen molar-refractivity contribution in [2.75, 3.05) is 33.5 Å². The van der Waals surface area contributed by atoms with Crippen molar-refractivity contribution >= 4 is 13.5 Å². The number of unbranched alkanes of at least 4 members (excludes halogenated alkanes) is 14. The maximum atomic E-state index is 12.7. The minimum atomic E-state index is -3.93. The molecule has 2 saturated heterocycles. The summed E-state index contributed by atoms with van der Waals surface area (Å²) < 4.78 is 35.7. The van der Waals surface area contributed by atoms with Crippen molar-refractivity contribution in [1.29, 1.82) is 0 Å². The Morgan fingerprint density at radius 3 is 2.22 bits per heavy atom. The first-order chi connectivity index (χ1) is 22.1. The van der Waals surface area contributed by atoms with Crippen molar-refractivity contribution in [2.45, 2.75) is 134 Å². The van der Waals surface area contributed by atoms with Crippen molar-refractivity contribution in [2.24, 2.45) is 0 Å². The molecule has 2 bridgehead atoms. The zero-order valence-electron chi connectivity index (χ0n) is 27.9. The summed E-state index contributed by atoms with van der Waals surface area (Å²) in [6.07, 6.45) is 17.7. The highest BCUT2D eigenvalue weighted by atomic mass is 31.2. The lowest BCUT2D eigenvalue weighted by Crippen LogP contribution is -2.46. The second kappa shape index (κ2) is 19.5. The standard InChI is InChI=1S/C33H54N3O9P/c1-4-5-6-7-8-9-10-11-12-13-14-15-16-17-18-21-27(37)34-22-19-20-26-23-36(32(39)35-30(26)38)31-28-29(45-46(3,40)41)33(44-31,24-42-2)25-43-28/h23,28-29,31H,4-18,21-22,24-25H2,1-3H3,(H,34,37)(H,40,41)(H,35,38,39)/t28?,29-,31-,33+/m1/s1. The number of nitrogens with zero attached hydrogens (tertiary/aromatic N) is 1. The summed E-state index contributed by atoms with van der Waals surface area (Å²) in [4.78, 5) is 49.4. The van der Waals surface area contributed by atoms with Crippen LogP contribution in [0.25, 0.3) is 0 Å². The summed E-state index contributed by atoms with van der Waals surface area (Å²) >= 11 is 0. The van der Waals surface area contributed by atoms with Gasteiger partial charge in [-0.2, -0.15) is 0 Å². The van der Waals surface area contributed by atoms with Crippen LogP contribution >= 0.6 is 7.60 Å². The van der Waals surface area contributed by atoms with Crippen molar-refractivity contribution in [1.82, 2.24) is 14.9 Å². The number of methoxy groups -OCH3 is 1. The number of hydrogen-bond acceptors (Lipinski definition) is 8. The highest BCUT2D eigenvalue weighted by molar-refractivity contribution is 7.51. The molecule has 0 radical (unpaired) electrons. The zero-order valence-corrected chi connectivity index (χ0v) is 28.7. The fraction of sp³-hybridized carbons (Fsp3) is 0.788. The molecule has 1 aromatic rings. The van der Waals surface area contributed by atoms with E-state index in [1.807, 2.05) is 0 Å². The fourth-order valence-corrected chi connectivity index (χ4v) is 6.85. The van der Waals surface area contributed by atoms with Crippen LogP contribution in [0, 0.1) is 11.8 Å². The van der Waals surface area contributed by atoms with Gasteiger partial charge in [0.25, 0.3) is 5.56 Å². The number of aromatic amines is 1. The molecule has 3 N–H and O–H groups in total. The molecule has 13 heteroatoms. The third kappa shape index (κ3) is 12.1. The van der Waals surface area contributed by atoms with Gasteiger partial charge in [-0.05, 0) is 6.42 Å². The van der Waals surface area contributed by atoms with Gasteiger partial charge in [0, 0.05) is 26.4 Å². The van der Waals surface area contributed by atoms with Crippen LogP contribution in [0.1, 0.15) is 121 Å². The normalized spacial score (nSPS) is 23.2. The van der Waals surface area contributed by atoms with Crippen LogP contribution < -0.4 is 16.6 Å². The van der Waals surface area contributed by atoms with Crippen molar-refractivity contribution in [3.8, 4) is 11.8 Å². The van der Waals surface area contributed by atoms with Crippen LogP contribution in [0.5, 0.6) is 0 Å². The molecule has 2 aliphatic heterocycles. The first-order valence-electron chi connectivity index (χ1n) is 17.0. The van der Waals surface area contributed by atoms with E-state index in [0.29, 0.717) is 6.42 Å². The number of fused-ring (bicyclic) bond motifs is 2. The first-order valence-corrected chi connectivity index (χ1v) is 19.0. The number of carbonyl (C=O) groups is 1. The largest absolute Gasteiger partial charge is 0.381 e. The number of carbonyl (C=O) groups excluding carboxylic acids is 1. The Morgan fingerprint density at radius 1 is 1.07 bits per heavy atom. The predicted octanol–water partition coefficient (Wildman–Crippen LogP) is 4.78. The molecule has 3 rings (SSSR count). The Labute approximate surface area is 272 Å². The molecule has 3 heterocycles. The molecule has 2 unspecified atom stereocenters. The molecule has 1 amide bonds. The van der Waals surface area contributed by atoms with Gasteiger partial charge in [0.15, 0.2) is 6.23 Å². The molecular weight excluding hydrogens is 613 g/mol. The number of H-pyrrole nitrogens is 1. The summed E-state index contributed by atoms with van der Waals surface area (Å²) in [6, 6.07) is 0. The Kier molecular flexibility index (Phi) is 16.2. The molecule has 0 spiro atoms. The molecule has 0 aromatic carbocycles. The minimum absolute atomic E-state index is 0.00542. The third-order valence-corrected chi connectivity index (χ3v) is 9.14. The van der Waals surface area contributed by atoms with E-state index < -0.39 is 42.9 Å². The van der Waals surface area contributed by atoms with Crippen LogP contribution in [0.4, 0.5) is 0 Å². The van der Waals surface area contributed by atoms with Gasteiger partial charge in [0.2, 0.25) is 5.91 Å². The van der Waals surface area contributed by atoms with E-state index in [-0.39, 0.29) is 31.2 Å². The summed E-state index contributed by atoms with van der Waals surface area (Å²) in [7, 11) is -2.49. The quantitative estimate of drug-likeness (QED) is 0.0899. The van der Waals surface area contributed by atoms with Crippen LogP contribution in [-0.2, 0) is 28.1 Å². The van der Waals surface area contributed by atoms with Crippen LogP contribution in [0.15, 0.2) is 15.8 Å². The molecule has 46 heavy (non-hydrogen) atoms. The topological polar surface area (TPSA) is 158 Å². The number of hydrogen-bond donors (Lipinski definition) is 3. The monoisotopic (exact) mass is 667 g/mol. The molecule has 2 fully saturated rings. The zero-order chi connectivity index (χ0) is 33.4. The molecule has 5 atom stereocenters. The van der Waals surface area contributed by atoms with Crippen LogP contribution in [-0.4, -0.2) is 71.7 Å². The molecule has 0 aliphatic carbocycles. The molecule has 0 saturated carbocycles. The van der Waals surface area contributed by atoms with Gasteiger partial charge in [-0.15, -0.1) is 0 Å². The van der Waals surface area contributed by atoms with Crippen LogP contribution in [0.3, 0.4) is 0 Å². The maximum absolute atomic E-state index is 12.7. The molecule has 260 valence electrons. The highest BCUT2D eigenvalue weighted by Gasteiger charge is 2.64. The Balaban J connectivity index is 1.36. The van der Waals surface area contributed by atoms with E-state index >= 15 is 0 Å². The average molecular weight is 668 g/mol. The van der Waals surface area contributed by atoms with Crippen molar-refractivity contribution in [3.05, 3.63) is 32.6 Å². The number of rotatable bonds is 22. The summed E-state index contributed by atoms with van der Waals surface area (Å²) in [5, 5.41) is 2.75. The van der Waals surface area contributed by atoms with E-state index in [1.54, 1.807) is 0 Å². The Bertz CT molecular complexity index is 1310. The van der Waals surface area contributed by atoms with Gasteiger partial charge in [-0.25, -0.2) is 4.79 Å². The molecule has 2 aliphatic rings. The second-order valence-corrected chi connectivity index (χ2v) is 14.4. The number of nitrogens with one attached hydrogen (secondary N) is 2. The highest BCUT2D eigenvalue weighted by Crippen LogP contribution is 2.52. The van der Waals surface area contributed by atoms with Gasteiger partial charge in [-0.3, -0.25) is 28.2 Å². The smallest absolute Gasteiger partial charge is 0.330 e. The predicted molar refractivity (Wildman–Crippen MR) is 176 cm³/mol. The average Bonchev–Trinajstić information content (AvgIpc) is 3.47. The van der Waals surface area contributed by atoms with E-state index in [1.165, 1.54) is 90.4 Å². The molecule has 1 aromatic heterocycles. The lowest BCUT2D eigenvalue weighted by Gasteiger charge is -2.31. The number of ether oxygens (including phenoxy) is 3. The molecular formula is C33H54N3O9P. The van der Waals surface area contributed by atoms with E-state index in [9.17, 15) is 23.8 Å². The van der Waals surface area contributed by atoms with Gasteiger partial charge in [-0.1, -0.05) is 109 Å². The summed E-state index contributed by atoms with van der Waals surface area (Å²) in [5.41, 5.74) is -2.67. The lowest BCUT2D eigenvalue weighted by atomic mass is 10.0. The van der Waals surface area contributed by atoms with E-state index in [0.717, 1.165) is 30.5 Å². The minimum Gasteiger partial charge on any atom is -0.381 e. The van der Waals surface area contributed by atoms with Crippen molar-refractivity contribution in [3.63, 3.8) is 0 Å². The van der Waals surface area contributed by atoms with E-state index in [4.69, 9.17) is 18.7 Å². The summed E-state index contributed by atoms with van der Waals surface area (Å²) in [5.74, 6) is 5.37. The maximum Gasteiger partial charge on any atom is 0.330 e. The van der Waals surface area contributed by atoms with Crippen molar-refractivity contribution < 1.29 is 33.0 Å². The molecule has 12 nitrogen and oxygen atoms in total. The Hall–Kier alpha value is -2.26.